The summed E-state index contributed by atoms with van der Waals surface area (Å²) in [5.74, 6) is -1.69. The van der Waals surface area contributed by atoms with Crippen LogP contribution in [0.25, 0.3) is 0 Å². The fraction of sp³-hybridized carbons (Fsp3) is 0.286. The lowest BCUT2D eigenvalue weighted by atomic mass is 10.1. The third kappa shape index (κ3) is 1.82. The molecular weight excluding hydrogens is 268 g/mol. The zero-order valence-corrected chi connectivity index (χ0v) is 8.50. The minimum atomic E-state index is -4.65. The van der Waals surface area contributed by atoms with Gasteiger partial charge in [0.25, 0.3) is 0 Å². The van der Waals surface area contributed by atoms with Gasteiger partial charge in [-0.2, -0.15) is 13.2 Å². The van der Waals surface area contributed by atoms with E-state index < -0.39 is 33.5 Å². The van der Waals surface area contributed by atoms with Gasteiger partial charge < -0.3 is 5.73 Å². The zero-order chi connectivity index (χ0) is 11.1. The van der Waals surface area contributed by atoms with Crippen LogP contribution in [0.2, 0.25) is 0 Å². The summed E-state index contributed by atoms with van der Waals surface area (Å²) in [6.07, 6.45) is -4.65. The monoisotopic (exact) mass is 272 g/mol. The van der Waals surface area contributed by atoms with Crippen LogP contribution in [0, 0.1) is 12.7 Å². The quantitative estimate of drug-likeness (QED) is 0.583. The Kier molecular flexibility index (Phi) is 2.71. The van der Waals surface area contributed by atoms with Crippen molar-refractivity contribution in [1.29, 1.82) is 0 Å². The van der Waals surface area contributed by atoms with Gasteiger partial charge >= 0.3 is 6.18 Å². The number of nitrogens with two attached hydrogens (primary N) is 1. The Morgan fingerprint density at radius 3 is 2.29 bits per heavy atom. The van der Waals surface area contributed by atoms with Crippen molar-refractivity contribution in [2.24, 2.45) is 0 Å². The van der Waals surface area contributed by atoms with Gasteiger partial charge in [-0.25, -0.2) is 9.37 Å². The Bertz CT molecular complexity index is 375. The molecule has 1 aromatic heterocycles. The van der Waals surface area contributed by atoms with E-state index in [4.69, 9.17) is 5.73 Å². The number of halogens is 5. The lowest BCUT2D eigenvalue weighted by Crippen LogP contribution is -2.13. The first-order valence-electron chi connectivity index (χ1n) is 3.43. The van der Waals surface area contributed by atoms with E-state index in [1.165, 1.54) is 0 Å². The summed E-state index contributed by atoms with van der Waals surface area (Å²) in [5.41, 5.74) is 3.36. The number of rotatable bonds is 0. The first-order valence-corrected chi connectivity index (χ1v) is 4.22. The van der Waals surface area contributed by atoms with Gasteiger partial charge in [0.05, 0.1) is 5.56 Å². The molecule has 14 heavy (non-hydrogen) atoms. The highest BCUT2D eigenvalue weighted by atomic mass is 79.9. The number of nitrogen functional groups attached to an aromatic ring is 1. The number of pyridine rings is 1. The Hall–Kier alpha value is -0.850. The molecule has 78 valence electrons. The molecule has 1 heterocycles. The molecule has 0 aromatic carbocycles. The van der Waals surface area contributed by atoms with Crippen molar-refractivity contribution < 1.29 is 17.6 Å². The van der Waals surface area contributed by atoms with E-state index in [9.17, 15) is 17.6 Å². The van der Waals surface area contributed by atoms with Crippen LogP contribution in [0.4, 0.5) is 23.4 Å². The molecule has 0 bridgehead atoms. The summed E-state index contributed by atoms with van der Waals surface area (Å²) in [6, 6.07) is 0. The molecule has 0 unspecified atom stereocenters. The fourth-order valence-corrected chi connectivity index (χ4v) is 1.71. The molecule has 0 saturated heterocycles. The molecule has 0 saturated carbocycles. The first kappa shape index (κ1) is 11.2. The van der Waals surface area contributed by atoms with E-state index in [0.717, 1.165) is 6.92 Å². The normalized spacial score (nSPS) is 11.9. The topological polar surface area (TPSA) is 38.9 Å². The highest BCUT2D eigenvalue weighted by Crippen LogP contribution is 2.37. The molecule has 1 rings (SSSR count). The number of alkyl halides is 3. The van der Waals surface area contributed by atoms with E-state index in [0.29, 0.717) is 0 Å². The molecule has 0 atom stereocenters. The van der Waals surface area contributed by atoms with Gasteiger partial charge in [-0.15, -0.1) is 0 Å². The molecule has 2 nitrogen and oxygen atoms in total. The molecule has 7 heteroatoms. The van der Waals surface area contributed by atoms with E-state index in [1.54, 1.807) is 0 Å². The van der Waals surface area contributed by atoms with Crippen molar-refractivity contribution in [2.75, 3.05) is 5.73 Å². The van der Waals surface area contributed by atoms with Crippen LogP contribution in [0.1, 0.15) is 11.1 Å². The largest absolute Gasteiger partial charge is 0.419 e. The summed E-state index contributed by atoms with van der Waals surface area (Å²) in [6.45, 7) is 1.00. The zero-order valence-electron chi connectivity index (χ0n) is 6.91. The average molecular weight is 273 g/mol. The second-order valence-electron chi connectivity index (χ2n) is 2.60. The van der Waals surface area contributed by atoms with Gasteiger partial charge in [-0.3, -0.25) is 0 Å². The molecule has 0 aliphatic heterocycles. The Morgan fingerprint density at radius 2 is 1.86 bits per heavy atom. The van der Waals surface area contributed by atoms with Gasteiger partial charge in [-0.1, -0.05) is 0 Å². The summed E-state index contributed by atoms with van der Waals surface area (Å²) < 4.78 is 49.5. The lowest BCUT2D eigenvalue weighted by Gasteiger charge is -2.13. The molecule has 0 fully saturated rings. The number of hydrogen-bond donors (Lipinski definition) is 1. The van der Waals surface area contributed by atoms with Crippen LogP contribution < -0.4 is 5.73 Å². The molecule has 2 N–H and O–H groups in total. The molecular formula is C7H5BrF4N2. The van der Waals surface area contributed by atoms with Gasteiger partial charge in [0.1, 0.15) is 4.60 Å². The summed E-state index contributed by atoms with van der Waals surface area (Å²) in [4.78, 5) is 3.20. The van der Waals surface area contributed by atoms with E-state index >= 15 is 0 Å². The number of anilines is 1. The standard InChI is InChI=1S/C7H5BrF4N2/c1-2-3(7(10,11)12)5(8)14-6(13)4(2)9/h1H3,(H2,13,14). The van der Waals surface area contributed by atoms with Gasteiger partial charge in [0.2, 0.25) is 0 Å². The first-order chi connectivity index (χ1) is 6.25. The molecule has 0 aliphatic rings. The molecule has 0 spiro atoms. The van der Waals surface area contributed by atoms with Crippen LogP contribution in [-0.4, -0.2) is 4.98 Å². The summed E-state index contributed by atoms with van der Waals surface area (Å²) in [7, 11) is 0. The van der Waals surface area contributed by atoms with E-state index in [-0.39, 0.29) is 0 Å². The highest BCUT2D eigenvalue weighted by molar-refractivity contribution is 9.10. The molecule has 0 amide bonds. The van der Waals surface area contributed by atoms with Gasteiger partial charge in [0, 0.05) is 5.56 Å². The number of aromatic nitrogens is 1. The minimum Gasteiger partial charge on any atom is -0.381 e. The highest BCUT2D eigenvalue weighted by Gasteiger charge is 2.37. The van der Waals surface area contributed by atoms with E-state index in [1.807, 2.05) is 0 Å². The SMILES string of the molecule is Cc1c(F)c(N)nc(Br)c1C(F)(F)F. The van der Waals surface area contributed by atoms with Gasteiger partial charge in [-0.05, 0) is 22.9 Å². The van der Waals surface area contributed by atoms with Crippen LogP contribution in [-0.2, 0) is 6.18 Å². The molecule has 0 radical (unpaired) electrons. The Morgan fingerprint density at radius 1 is 1.36 bits per heavy atom. The van der Waals surface area contributed by atoms with E-state index in [2.05, 4.69) is 20.9 Å². The summed E-state index contributed by atoms with van der Waals surface area (Å²) >= 11 is 2.59. The molecule has 1 aromatic rings. The van der Waals surface area contributed by atoms with Gasteiger partial charge in [0.15, 0.2) is 11.6 Å². The predicted octanol–water partition coefficient (Wildman–Crippen LogP) is 2.89. The van der Waals surface area contributed by atoms with Crippen molar-refractivity contribution in [1.82, 2.24) is 4.98 Å². The second-order valence-corrected chi connectivity index (χ2v) is 3.35. The Labute approximate surface area is 85.3 Å². The average Bonchev–Trinajstić information content (AvgIpc) is 1.97. The van der Waals surface area contributed by atoms with Crippen LogP contribution in [0.3, 0.4) is 0 Å². The number of hydrogen-bond acceptors (Lipinski definition) is 2. The fourth-order valence-electron chi connectivity index (χ4n) is 0.997. The van der Waals surface area contributed by atoms with Crippen molar-refractivity contribution in [3.8, 4) is 0 Å². The second kappa shape index (κ2) is 3.38. The number of nitrogens with zero attached hydrogens (tertiary/aromatic N) is 1. The molecule has 0 aliphatic carbocycles. The maximum absolute atomic E-state index is 13.0. The van der Waals surface area contributed by atoms with Crippen LogP contribution in [0.5, 0.6) is 0 Å². The predicted molar refractivity (Wildman–Crippen MR) is 46.0 cm³/mol. The summed E-state index contributed by atoms with van der Waals surface area (Å²) in [5, 5.41) is 0. The maximum Gasteiger partial charge on any atom is 0.419 e. The Balaban J connectivity index is 3.53. The smallest absolute Gasteiger partial charge is 0.381 e. The van der Waals surface area contributed by atoms with Crippen molar-refractivity contribution in [2.45, 2.75) is 13.1 Å². The third-order valence-electron chi connectivity index (χ3n) is 1.64. The minimum absolute atomic E-state index is 0.499. The van der Waals surface area contributed by atoms with Crippen molar-refractivity contribution >= 4 is 21.7 Å². The van der Waals surface area contributed by atoms with Crippen molar-refractivity contribution in [3.63, 3.8) is 0 Å². The maximum atomic E-state index is 13.0. The van der Waals surface area contributed by atoms with Crippen molar-refractivity contribution in [3.05, 3.63) is 21.5 Å². The third-order valence-corrected chi connectivity index (χ3v) is 2.21. The van der Waals surface area contributed by atoms with Crippen LogP contribution >= 0.6 is 15.9 Å². The van der Waals surface area contributed by atoms with Crippen LogP contribution in [0.15, 0.2) is 4.60 Å². The lowest BCUT2D eigenvalue weighted by molar-refractivity contribution is -0.139.